The zero-order valence-electron chi connectivity index (χ0n) is 21.0. The van der Waals surface area contributed by atoms with Gasteiger partial charge in [-0.1, -0.05) is 79.9 Å². The van der Waals surface area contributed by atoms with Crippen molar-refractivity contribution in [3.63, 3.8) is 0 Å². The first-order valence-corrected chi connectivity index (χ1v) is 13.0. The van der Waals surface area contributed by atoms with Crippen LogP contribution >= 0.6 is 0 Å². The van der Waals surface area contributed by atoms with Gasteiger partial charge in [-0.3, -0.25) is 9.59 Å². The first-order chi connectivity index (χ1) is 18.5. The van der Waals surface area contributed by atoms with Crippen molar-refractivity contribution in [2.45, 2.75) is 44.1 Å². The highest BCUT2D eigenvalue weighted by Crippen LogP contribution is 2.30. The summed E-state index contributed by atoms with van der Waals surface area (Å²) < 4.78 is 0. The van der Waals surface area contributed by atoms with E-state index in [1.54, 1.807) is 18.2 Å². The summed E-state index contributed by atoms with van der Waals surface area (Å²) in [6.45, 7) is 0. The summed E-state index contributed by atoms with van der Waals surface area (Å²) in [5, 5.41) is 25.4. The zero-order chi connectivity index (χ0) is 26.5. The number of nitrogens with one attached hydrogen (secondary N) is 3. The molecule has 1 unspecified atom stereocenters. The minimum absolute atomic E-state index is 0.264. The third-order valence-electron chi connectivity index (χ3n) is 7.20. The molecule has 2 atom stereocenters. The minimum atomic E-state index is -1.67. The lowest BCUT2D eigenvalue weighted by Crippen LogP contribution is -2.55. The number of nitrogens with zero attached hydrogens (tertiary/aromatic N) is 1. The predicted octanol–water partition coefficient (Wildman–Crippen LogP) is 3.26. The zero-order valence-corrected chi connectivity index (χ0v) is 21.0. The molecule has 194 valence electrons. The number of H-pyrrole nitrogens is 1. The second-order valence-electron chi connectivity index (χ2n) is 9.96. The lowest BCUT2D eigenvalue weighted by molar-refractivity contribution is -0.123. The number of carbonyl (C=O) groups is 2. The summed E-state index contributed by atoms with van der Waals surface area (Å²) in [4.78, 5) is 34.5. The van der Waals surface area contributed by atoms with Gasteiger partial charge in [-0.2, -0.15) is 0 Å². The van der Waals surface area contributed by atoms with Crippen LogP contribution in [0.25, 0.3) is 22.4 Å². The van der Waals surface area contributed by atoms with Crippen LogP contribution in [0.1, 0.15) is 41.6 Å². The Morgan fingerprint density at radius 2 is 1.68 bits per heavy atom. The summed E-state index contributed by atoms with van der Waals surface area (Å²) in [5.41, 5.74) is 3.65. The molecule has 0 aliphatic heterocycles. The molecule has 0 bridgehead atoms. The number of aromatic amines is 1. The molecule has 38 heavy (non-hydrogen) atoms. The summed E-state index contributed by atoms with van der Waals surface area (Å²) in [5.74, 6) is -0.570. The third kappa shape index (κ3) is 6.12. The minimum Gasteiger partial charge on any atom is -0.426 e. The first-order valence-electron chi connectivity index (χ1n) is 13.0. The third-order valence-corrected chi connectivity index (χ3v) is 7.20. The molecule has 8 nitrogen and oxygen atoms in total. The van der Waals surface area contributed by atoms with Crippen molar-refractivity contribution >= 4 is 30.0 Å². The van der Waals surface area contributed by atoms with E-state index in [4.69, 9.17) is 0 Å². The molecule has 3 aromatic carbocycles. The monoisotopic (exact) mass is 510 g/mol. The normalized spacial score (nSPS) is 14.9. The van der Waals surface area contributed by atoms with Crippen LogP contribution in [0.5, 0.6) is 0 Å². The average molecular weight is 510 g/mol. The Hall–Kier alpha value is -3.95. The van der Waals surface area contributed by atoms with Crippen LogP contribution in [-0.4, -0.2) is 50.9 Å². The van der Waals surface area contributed by atoms with E-state index in [9.17, 15) is 19.6 Å². The second kappa shape index (κ2) is 11.6. The van der Waals surface area contributed by atoms with Gasteiger partial charge in [0.25, 0.3) is 5.91 Å². The quantitative estimate of drug-likeness (QED) is 0.209. The largest absolute Gasteiger partial charge is 0.475 e. The fourth-order valence-electron chi connectivity index (χ4n) is 4.81. The van der Waals surface area contributed by atoms with E-state index >= 15 is 0 Å². The SMILES string of the molecule is O=C(N[C@@H](Cc1ccccc1)C(=O)NC(CC1CCC1)B(O)O)c1ccc2nc(-c3ccccc3)[nH]c2c1. The van der Waals surface area contributed by atoms with Crippen LogP contribution in [0, 0.1) is 5.92 Å². The number of benzene rings is 3. The van der Waals surface area contributed by atoms with E-state index in [2.05, 4.69) is 20.6 Å². The number of carbonyl (C=O) groups excluding carboxylic acids is 2. The maximum Gasteiger partial charge on any atom is 0.475 e. The van der Waals surface area contributed by atoms with Crippen LogP contribution in [0.3, 0.4) is 0 Å². The Bertz CT molecular complexity index is 1390. The second-order valence-corrected chi connectivity index (χ2v) is 9.96. The van der Waals surface area contributed by atoms with Crippen molar-refractivity contribution in [3.05, 3.63) is 90.0 Å². The molecule has 0 radical (unpaired) electrons. The van der Waals surface area contributed by atoms with E-state index < -0.39 is 30.9 Å². The number of amides is 2. The van der Waals surface area contributed by atoms with E-state index in [1.807, 2.05) is 60.7 Å². The summed E-state index contributed by atoms with van der Waals surface area (Å²) in [6, 6.07) is 23.4. The van der Waals surface area contributed by atoms with Gasteiger partial charge in [0.2, 0.25) is 5.91 Å². The van der Waals surface area contributed by atoms with Crippen molar-refractivity contribution in [3.8, 4) is 11.4 Å². The molecule has 1 aliphatic rings. The Balaban J connectivity index is 1.34. The lowest BCUT2D eigenvalue weighted by Gasteiger charge is -2.30. The Labute approximate surface area is 221 Å². The Kier molecular flexibility index (Phi) is 7.86. The highest BCUT2D eigenvalue weighted by Gasteiger charge is 2.33. The number of hydrogen-bond donors (Lipinski definition) is 5. The predicted molar refractivity (Wildman–Crippen MR) is 147 cm³/mol. The van der Waals surface area contributed by atoms with Gasteiger partial charge in [-0.25, -0.2) is 4.98 Å². The van der Waals surface area contributed by atoms with Crippen LogP contribution in [-0.2, 0) is 11.2 Å². The number of imidazole rings is 1. The molecule has 5 rings (SSSR count). The molecular formula is C29H31BN4O4. The fourth-order valence-corrected chi connectivity index (χ4v) is 4.81. The molecule has 1 saturated carbocycles. The Morgan fingerprint density at radius 1 is 0.974 bits per heavy atom. The maximum absolute atomic E-state index is 13.3. The first kappa shape index (κ1) is 25.7. The van der Waals surface area contributed by atoms with Gasteiger partial charge in [0.05, 0.1) is 17.0 Å². The summed E-state index contributed by atoms with van der Waals surface area (Å²) in [6.07, 6.45) is 3.92. The topological polar surface area (TPSA) is 127 Å². The van der Waals surface area contributed by atoms with Crippen molar-refractivity contribution in [1.29, 1.82) is 0 Å². The molecular weight excluding hydrogens is 479 g/mol. The van der Waals surface area contributed by atoms with Crippen molar-refractivity contribution in [2.24, 2.45) is 5.92 Å². The van der Waals surface area contributed by atoms with Crippen molar-refractivity contribution in [1.82, 2.24) is 20.6 Å². The molecule has 9 heteroatoms. The molecule has 0 saturated heterocycles. The van der Waals surface area contributed by atoms with Gasteiger partial charge in [0.1, 0.15) is 11.9 Å². The van der Waals surface area contributed by atoms with Crippen LogP contribution in [0.2, 0.25) is 0 Å². The van der Waals surface area contributed by atoms with E-state index in [1.165, 1.54) is 0 Å². The molecule has 0 spiro atoms. The van der Waals surface area contributed by atoms with Crippen LogP contribution in [0.15, 0.2) is 78.9 Å². The molecule has 1 aliphatic carbocycles. The molecule has 4 aromatic rings. The van der Waals surface area contributed by atoms with Gasteiger partial charge in [-0.05, 0) is 36.1 Å². The smallest absolute Gasteiger partial charge is 0.426 e. The van der Waals surface area contributed by atoms with Crippen molar-refractivity contribution < 1.29 is 19.6 Å². The maximum atomic E-state index is 13.3. The summed E-state index contributed by atoms with van der Waals surface area (Å²) >= 11 is 0. The highest BCUT2D eigenvalue weighted by atomic mass is 16.4. The van der Waals surface area contributed by atoms with Gasteiger partial charge < -0.3 is 25.7 Å². The van der Waals surface area contributed by atoms with Gasteiger partial charge in [0, 0.05) is 17.5 Å². The number of hydrogen-bond acceptors (Lipinski definition) is 5. The van der Waals surface area contributed by atoms with Crippen LogP contribution < -0.4 is 10.6 Å². The molecule has 5 N–H and O–H groups in total. The fraction of sp³-hybridized carbons (Fsp3) is 0.276. The molecule has 1 fully saturated rings. The Morgan fingerprint density at radius 3 is 2.34 bits per heavy atom. The van der Waals surface area contributed by atoms with E-state index in [0.29, 0.717) is 29.2 Å². The summed E-state index contributed by atoms with van der Waals surface area (Å²) in [7, 11) is -1.67. The number of rotatable bonds is 10. The highest BCUT2D eigenvalue weighted by molar-refractivity contribution is 6.43. The van der Waals surface area contributed by atoms with Crippen molar-refractivity contribution in [2.75, 3.05) is 0 Å². The molecule has 1 heterocycles. The number of aromatic nitrogens is 2. The molecule has 1 aromatic heterocycles. The van der Waals surface area contributed by atoms with E-state index in [0.717, 1.165) is 35.9 Å². The van der Waals surface area contributed by atoms with Gasteiger partial charge >= 0.3 is 7.12 Å². The standard InChI is InChI=1S/C29H31BN4O4/c35-28(22-14-15-23-24(18-22)32-27(31-23)21-12-5-2-6-13-21)33-25(16-19-8-3-1-4-9-19)29(36)34-26(30(37)38)17-20-10-7-11-20/h1-6,8-9,12-15,18,20,25-26,37-38H,7,10-11,16-17H2,(H,31,32)(H,33,35)(H,34,36)/t25-,26?/m0/s1. The van der Waals surface area contributed by atoms with Gasteiger partial charge in [0.15, 0.2) is 0 Å². The molecule has 2 amide bonds. The van der Waals surface area contributed by atoms with Crippen LogP contribution in [0.4, 0.5) is 0 Å². The van der Waals surface area contributed by atoms with E-state index in [-0.39, 0.29) is 6.42 Å². The average Bonchev–Trinajstić information content (AvgIpc) is 3.34. The number of fused-ring (bicyclic) bond motifs is 1. The lowest BCUT2D eigenvalue weighted by atomic mass is 9.69. The van der Waals surface area contributed by atoms with Gasteiger partial charge in [-0.15, -0.1) is 0 Å².